The van der Waals surface area contributed by atoms with Crippen LogP contribution in [-0.2, 0) is 13.0 Å². The number of halogens is 1. The van der Waals surface area contributed by atoms with Crippen molar-refractivity contribution in [2.75, 3.05) is 11.4 Å². The van der Waals surface area contributed by atoms with E-state index in [1.165, 1.54) is 6.42 Å². The Morgan fingerprint density at radius 3 is 2.75 bits per heavy atom. The van der Waals surface area contributed by atoms with Crippen molar-refractivity contribution in [2.24, 2.45) is 0 Å². The zero-order valence-electron chi connectivity index (χ0n) is 18.9. The van der Waals surface area contributed by atoms with E-state index in [-0.39, 0.29) is 17.9 Å². The van der Waals surface area contributed by atoms with E-state index >= 15 is 0 Å². The second-order valence-electron chi connectivity index (χ2n) is 8.94. The molecule has 1 aromatic carbocycles. The lowest BCUT2D eigenvalue weighted by atomic mass is 9.95. The van der Waals surface area contributed by atoms with Crippen molar-refractivity contribution in [1.82, 2.24) is 14.9 Å². The summed E-state index contributed by atoms with van der Waals surface area (Å²) in [5, 5.41) is 3.77. The summed E-state index contributed by atoms with van der Waals surface area (Å²) in [6, 6.07) is 7.19. The van der Waals surface area contributed by atoms with Crippen LogP contribution < -0.4 is 10.2 Å². The van der Waals surface area contributed by atoms with E-state index in [2.05, 4.69) is 12.2 Å². The molecule has 0 unspecified atom stereocenters. The highest BCUT2D eigenvalue weighted by molar-refractivity contribution is 6.31. The van der Waals surface area contributed by atoms with Crippen LogP contribution in [0.3, 0.4) is 0 Å². The summed E-state index contributed by atoms with van der Waals surface area (Å²) >= 11 is 6.16. The van der Waals surface area contributed by atoms with Gasteiger partial charge >= 0.3 is 0 Å². The van der Waals surface area contributed by atoms with Gasteiger partial charge in [0, 0.05) is 36.1 Å². The molecule has 32 heavy (non-hydrogen) atoms. The molecule has 1 aliphatic carbocycles. The fraction of sp³-hybridized carbons (Fsp3) is 0.560. The number of carbonyl (C=O) groups excluding carboxylic acids is 2. The molecule has 4 rings (SSSR count). The van der Waals surface area contributed by atoms with Crippen molar-refractivity contribution in [3.8, 4) is 0 Å². The minimum absolute atomic E-state index is 0.104. The third-order valence-electron chi connectivity index (χ3n) is 6.52. The normalized spacial score (nSPS) is 16.4. The minimum Gasteiger partial charge on any atom is -0.348 e. The summed E-state index contributed by atoms with van der Waals surface area (Å²) in [7, 11) is 0. The maximum absolute atomic E-state index is 13.6. The zero-order valence-corrected chi connectivity index (χ0v) is 19.7. The van der Waals surface area contributed by atoms with E-state index in [9.17, 15) is 9.59 Å². The Hall–Kier alpha value is -2.34. The van der Waals surface area contributed by atoms with Gasteiger partial charge in [-0.2, -0.15) is 0 Å². The second-order valence-corrected chi connectivity index (χ2v) is 9.37. The number of amides is 2. The number of fused-ring (bicyclic) bond motifs is 1. The number of carbonyl (C=O) groups is 2. The van der Waals surface area contributed by atoms with Crippen LogP contribution in [0.2, 0.25) is 5.02 Å². The van der Waals surface area contributed by atoms with Crippen molar-refractivity contribution in [2.45, 2.75) is 83.7 Å². The van der Waals surface area contributed by atoms with Crippen LogP contribution in [0.4, 0.5) is 5.82 Å². The largest absolute Gasteiger partial charge is 0.348 e. The molecule has 0 saturated heterocycles. The first-order valence-corrected chi connectivity index (χ1v) is 12.4. The van der Waals surface area contributed by atoms with Crippen LogP contribution >= 0.6 is 11.6 Å². The minimum atomic E-state index is -0.164. The van der Waals surface area contributed by atoms with Crippen molar-refractivity contribution < 1.29 is 9.59 Å². The van der Waals surface area contributed by atoms with Crippen LogP contribution in [0.1, 0.15) is 91.4 Å². The number of rotatable bonds is 7. The van der Waals surface area contributed by atoms with E-state index < -0.39 is 0 Å². The molecule has 0 radical (unpaired) electrons. The van der Waals surface area contributed by atoms with Crippen molar-refractivity contribution >= 4 is 29.2 Å². The summed E-state index contributed by atoms with van der Waals surface area (Å²) in [5.74, 6) is 1.13. The number of benzene rings is 1. The van der Waals surface area contributed by atoms with E-state index in [0.29, 0.717) is 28.6 Å². The molecule has 0 atom stereocenters. The molecule has 1 aliphatic heterocycles. The Balaban J connectivity index is 1.72. The molecule has 7 heteroatoms. The van der Waals surface area contributed by atoms with Gasteiger partial charge in [0.25, 0.3) is 11.8 Å². The molecule has 2 heterocycles. The van der Waals surface area contributed by atoms with Gasteiger partial charge in [0.15, 0.2) is 11.5 Å². The summed E-state index contributed by atoms with van der Waals surface area (Å²) in [4.78, 5) is 33.6. The van der Waals surface area contributed by atoms with Crippen LogP contribution in [0, 0.1) is 0 Å². The molecule has 0 spiro atoms. The van der Waals surface area contributed by atoms with Gasteiger partial charge in [-0.05, 0) is 50.3 Å². The molecule has 1 saturated carbocycles. The SMILES string of the molecule is CCCCN(C(=O)c1cccc(Cl)c1)c1nc2n(c1C(=O)NC1CCCCC1)CCCC2. The summed E-state index contributed by atoms with van der Waals surface area (Å²) in [6.07, 6.45) is 10.2. The van der Waals surface area contributed by atoms with Gasteiger partial charge in [0.1, 0.15) is 5.82 Å². The third kappa shape index (κ3) is 5.01. The number of hydrogen-bond acceptors (Lipinski definition) is 3. The first kappa shape index (κ1) is 22.8. The summed E-state index contributed by atoms with van der Waals surface area (Å²) < 4.78 is 2.04. The summed E-state index contributed by atoms with van der Waals surface area (Å²) in [6.45, 7) is 3.38. The highest BCUT2D eigenvalue weighted by atomic mass is 35.5. The number of nitrogens with zero attached hydrogens (tertiary/aromatic N) is 3. The summed E-state index contributed by atoms with van der Waals surface area (Å²) in [5.41, 5.74) is 1.05. The Morgan fingerprint density at radius 1 is 1.19 bits per heavy atom. The molecule has 1 aromatic heterocycles. The van der Waals surface area contributed by atoms with Crippen molar-refractivity contribution in [3.63, 3.8) is 0 Å². The quantitative estimate of drug-likeness (QED) is 0.608. The zero-order chi connectivity index (χ0) is 22.5. The number of aromatic nitrogens is 2. The molecular formula is C25H33ClN4O2. The molecule has 6 nitrogen and oxygen atoms in total. The second kappa shape index (κ2) is 10.5. The molecule has 0 bridgehead atoms. The average Bonchev–Trinajstić information content (AvgIpc) is 3.19. The third-order valence-corrected chi connectivity index (χ3v) is 6.76. The van der Waals surface area contributed by atoms with Gasteiger partial charge in [-0.25, -0.2) is 4.98 Å². The predicted octanol–water partition coefficient (Wildman–Crippen LogP) is 5.38. The molecular weight excluding hydrogens is 424 g/mol. The monoisotopic (exact) mass is 456 g/mol. The number of aryl methyl sites for hydroxylation is 1. The lowest BCUT2D eigenvalue weighted by Gasteiger charge is -2.25. The van der Waals surface area contributed by atoms with E-state index in [1.54, 1.807) is 29.2 Å². The number of hydrogen-bond donors (Lipinski definition) is 1. The van der Waals surface area contributed by atoms with Gasteiger partial charge < -0.3 is 9.88 Å². The van der Waals surface area contributed by atoms with Gasteiger partial charge in [0.05, 0.1) is 0 Å². The van der Waals surface area contributed by atoms with Crippen molar-refractivity contribution in [3.05, 3.63) is 46.4 Å². The van der Waals surface area contributed by atoms with E-state index in [1.807, 2.05) is 4.57 Å². The molecule has 1 fully saturated rings. The Labute approximate surface area is 195 Å². The molecule has 172 valence electrons. The molecule has 2 aliphatic rings. The lowest BCUT2D eigenvalue weighted by molar-refractivity contribution is 0.0917. The van der Waals surface area contributed by atoms with Gasteiger partial charge in [-0.3, -0.25) is 14.5 Å². The molecule has 2 aromatic rings. The van der Waals surface area contributed by atoms with Gasteiger partial charge in [0.2, 0.25) is 0 Å². The maximum atomic E-state index is 13.6. The number of imidazole rings is 1. The smallest absolute Gasteiger partial charge is 0.272 e. The molecule has 1 N–H and O–H groups in total. The fourth-order valence-corrected chi connectivity index (χ4v) is 4.97. The predicted molar refractivity (Wildman–Crippen MR) is 128 cm³/mol. The number of anilines is 1. The van der Waals surface area contributed by atoms with Crippen molar-refractivity contribution in [1.29, 1.82) is 0 Å². The highest BCUT2D eigenvalue weighted by Crippen LogP contribution is 2.29. The lowest BCUT2D eigenvalue weighted by Crippen LogP contribution is -2.39. The number of nitrogens with one attached hydrogen (secondary N) is 1. The van der Waals surface area contributed by atoms with Gasteiger partial charge in [-0.1, -0.05) is 50.3 Å². The average molecular weight is 457 g/mol. The van der Waals surface area contributed by atoms with E-state index in [4.69, 9.17) is 16.6 Å². The van der Waals surface area contributed by atoms with Crippen LogP contribution in [0.15, 0.2) is 24.3 Å². The van der Waals surface area contributed by atoms with Crippen LogP contribution in [0.5, 0.6) is 0 Å². The number of unbranched alkanes of at least 4 members (excludes halogenated alkanes) is 1. The van der Waals surface area contributed by atoms with Gasteiger partial charge in [-0.15, -0.1) is 0 Å². The fourth-order valence-electron chi connectivity index (χ4n) is 4.78. The standard InChI is InChI=1S/C25H33ClN4O2/c1-2-3-15-30(25(32)18-10-9-11-19(26)17-18)23-22(29-16-8-7-14-21(29)28-23)24(31)27-20-12-5-4-6-13-20/h9-11,17,20H,2-8,12-16H2,1H3,(H,27,31). The maximum Gasteiger partial charge on any atom is 0.272 e. The topological polar surface area (TPSA) is 67.2 Å². The first-order valence-electron chi connectivity index (χ1n) is 12.1. The first-order chi connectivity index (χ1) is 15.6. The Kier molecular flexibility index (Phi) is 7.51. The molecule has 2 amide bonds. The van der Waals surface area contributed by atoms with Crippen LogP contribution in [-0.4, -0.2) is 34.0 Å². The Bertz CT molecular complexity index is 965. The van der Waals surface area contributed by atoms with E-state index in [0.717, 1.165) is 70.2 Å². The highest BCUT2D eigenvalue weighted by Gasteiger charge is 2.32. The Morgan fingerprint density at radius 2 is 2.00 bits per heavy atom. The van der Waals surface area contributed by atoms with Crippen LogP contribution in [0.25, 0.3) is 0 Å².